The van der Waals surface area contributed by atoms with Gasteiger partial charge in [0, 0.05) is 28.7 Å². The maximum atomic E-state index is 5.75. The van der Waals surface area contributed by atoms with Crippen LogP contribution in [0.4, 0.5) is 5.69 Å². The topological polar surface area (TPSA) is 63.8 Å². The van der Waals surface area contributed by atoms with Gasteiger partial charge in [-0.2, -0.15) is 0 Å². The first-order valence-corrected chi connectivity index (χ1v) is 6.77. The number of rotatable bonds is 4. The number of thiazole rings is 1. The molecule has 6 heteroatoms. The quantitative estimate of drug-likeness (QED) is 0.841. The number of hydrogen-bond acceptors (Lipinski definition) is 5. The Morgan fingerprint density at radius 1 is 1.50 bits per heavy atom. The molecule has 0 saturated carbocycles. The predicted molar refractivity (Wildman–Crippen MR) is 79.0 cm³/mol. The Labute approximate surface area is 115 Å². The van der Waals surface area contributed by atoms with Crippen molar-refractivity contribution in [3.05, 3.63) is 39.6 Å². The molecular formula is C12H14N4S2. The van der Waals surface area contributed by atoms with E-state index >= 15 is 0 Å². The van der Waals surface area contributed by atoms with Crippen LogP contribution in [0.25, 0.3) is 0 Å². The monoisotopic (exact) mass is 278 g/mol. The van der Waals surface area contributed by atoms with Crippen molar-refractivity contribution < 1.29 is 0 Å². The zero-order chi connectivity index (χ0) is 13.1. The molecule has 0 spiro atoms. The highest BCUT2D eigenvalue weighted by atomic mass is 32.1. The second-order valence-corrected chi connectivity index (χ2v) is 5.33. The third-order valence-corrected chi connectivity index (χ3v) is 3.47. The molecule has 0 unspecified atom stereocenters. The molecule has 0 aliphatic rings. The summed E-state index contributed by atoms with van der Waals surface area (Å²) in [6.45, 7) is 4.52. The maximum Gasteiger partial charge on any atom is 0.112 e. The number of pyridine rings is 1. The molecule has 0 atom stereocenters. The lowest BCUT2D eigenvalue weighted by Gasteiger charge is -2.13. The fraction of sp³-hybridized carbons (Fsp3) is 0.250. The Morgan fingerprint density at radius 3 is 2.89 bits per heavy atom. The van der Waals surface area contributed by atoms with E-state index in [2.05, 4.69) is 15.3 Å². The fourth-order valence-corrected chi connectivity index (χ4v) is 2.60. The minimum atomic E-state index is 0.363. The summed E-state index contributed by atoms with van der Waals surface area (Å²) in [6, 6.07) is 1.95. The molecule has 4 nitrogen and oxygen atoms in total. The van der Waals surface area contributed by atoms with Crippen LogP contribution in [-0.2, 0) is 6.54 Å². The van der Waals surface area contributed by atoms with Crippen molar-refractivity contribution >= 4 is 34.2 Å². The minimum absolute atomic E-state index is 0.363. The Bertz CT molecular complexity index is 564. The van der Waals surface area contributed by atoms with E-state index in [1.165, 1.54) is 0 Å². The van der Waals surface area contributed by atoms with Gasteiger partial charge in [-0.15, -0.1) is 11.3 Å². The molecule has 2 aromatic rings. The first-order valence-electron chi connectivity index (χ1n) is 5.48. The lowest BCUT2D eigenvalue weighted by Crippen LogP contribution is -2.16. The molecular weight excluding hydrogens is 264 g/mol. The predicted octanol–water partition coefficient (Wildman–Crippen LogP) is 2.40. The molecule has 0 fully saturated rings. The zero-order valence-electron chi connectivity index (χ0n) is 10.2. The smallest absolute Gasteiger partial charge is 0.112 e. The minimum Gasteiger partial charge on any atom is -0.389 e. The second-order valence-electron chi connectivity index (χ2n) is 3.92. The number of aryl methyl sites for hydroxylation is 2. The summed E-state index contributed by atoms with van der Waals surface area (Å²) in [7, 11) is 0. The third-order valence-electron chi connectivity index (χ3n) is 2.49. The van der Waals surface area contributed by atoms with Crippen LogP contribution in [0, 0.1) is 13.8 Å². The molecule has 0 aromatic carbocycles. The summed E-state index contributed by atoms with van der Waals surface area (Å²) in [5.74, 6) is 0. The van der Waals surface area contributed by atoms with E-state index in [-0.39, 0.29) is 0 Å². The van der Waals surface area contributed by atoms with Gasteiger partial charge in [0.1, 0.15) is 10.00 Å². The van der Waals surface area contributed by atoms with Gasteiger partial charge in [0.2, 0.25) is 0 Å². The SMILES string of the molecule is Cc1cc(NCc2nccs2)c(C(N)=S)c(C)n1. The van der Waals surface area contributed by atoms with Crippen LogP contribution in [-0.4, -0.2) is 15.0 Å². The van der Waals surface area contributed by atoms with Crippen LogP contribution < -0.4 is 11.1 Å². The van der Waals surface area contributed by atoms with E-state index in [0.29, 0.717) is 11.5 Å². The van der Waals surface area contributed by atoms with Crippen molar-refractivity contribution in [3.63, 3.8) is 0 Å². The first-order chi connectivity index (χ1) is 8.58. The van der Waals surface area contributed by atoms with E-state index in [1.807, 2.05) is 25.3 Å². The van der Waals surface area contributed by atoms with Crippen LogP contribution in [0.1, 0.15) is 22.0 Å². The van der Waals surface area contributed by atoms with Crippen LogP contribution in [0.2, 0.25) is 0 Å². The number of nitrogens with two attached hydrogens (primary N) is 1. The summed E-state index contributed by atoms with van der Waals surface area (Å²) in [5.41, 5.74) is 9.27. The Kier molecular flexibility index (Phi) is 3.88. The Morgan fingerprint density at radius 2 is 2.28 bits per heavy atom. The van der Waals surface area contributed by atoms with Gasteiger partial charge < -0.3 is 11.1 Å². The molecule has 2 heterocycles. The highest BCUT2D eigenvalue weighted by molar-refractivity contribution is 7.80. The second kappa shape index (κ2) is 5.41. The van der Waals surface area contributed by atoms with Gasteiger partial charge in [-0.1, -0.05) is 12.2 Å². The van der Waals surface area contributed by atoms with Crippen molar-refractivity contribution in [2.24, 2.45) is 5.73 Å². The van der Waals surface area contributed by atoms with Crippen molar-refractivity contribution in [2.45, 2.75) is 20.4 Å². The van der Waals surface area contributed by atoms with Gasteiger partial charge in [0.05, 0.1) is 12.1 Å². The molecule has 0 bridgehead atoms. The maximum absolute atomic E-state index is 5.75. The lowest BCUT2D eigenvalue weighted by molar-refractivity contribution is 1.07. The molecule has 0 radical (unpaired) electrons. The van der Waals surface area contributed by atoms with Crippen molar-refractivity contribution in [2.75, 3.05) is 5.32 Å². The summed E-state index contributed by atoms with van der Waals surface area (Å²) < 4.78 is 0. The standard InChI is InChI=1S/C12H14N4S2/c1-7-5-9(11(12(13)17)8(2)16-7)15-6-10-14-3-4-18-10/h3-5H,6H2,1-2H3,(H2,13,17)(H,15,16). The molecule has 0 amide bonds. The van der Waals surface area contributed by atoms with E-state index < -0.39 is 0 Å². The summed E-state index contributed by atoms with van der Waals surface area (Å²) in [5, 5.41) is 6.30. The van der Waals surface area contributed by atoms with Crippen LogP contribution >= 0.6 is 23.6 Å². The highest BCUT2D eigenvalue weighted by Gasteiger charge is 2.11. The van der Waals surface area contributed by atoms with Gasteiger partial charge in [-0.05, 0) is 19.9 Å². The normalized spacial score (nSPS) is 10.3. The van der Waals surface area contributed by atoms with Gasteiger partial charge in [-0.25, -0.2) is 4.98 Å². The third kappa shape index (κ3) is 2.83. The Hall–Kier alpha value is -1.53. The van der Waals surface area contributed by atoms with Gasteiger partial charge in [0.15, 0.2) is 0 Å². The van der Waals surface area contributed by atoms with E-state index in [1.54, 1.807) is 17.5 Å². The molecule has 3 N–H and O–H groups in total. The van der Waals surface area contributed by atoms with Gasteiger partial charge in [0.25, 0.3) is 0 Å². The Balaban J connectivity index is 2.28. The van der Waals surface area contributed by atoms with Crippen molar-refractivity contribution in [1.82, 2.24) is 9.97 Å². The molecule has 94 valence electrons. The number of nitrogens with zero attached hydrogens (tertiary/aromatic N) is 2. The van der Waals surface area contributed by atoms with Gasteiger partial charge >= 0.3 is 0 Å². The molecule has 18 heavy (non-hydrogen) atoms. The van der Waals surface area contributed by atoms with Crippen LogP contribution in [0.5, 0.6) is 0 Å². The average molecular weight is 278 g/mol. The van der Waals surface area contributed by atoms with E-state index in [0.717, 1.165) is 27.6 Å². The molecule has 0 aliphatic carbocycles. The van der Waals surface area contributed by atoms with Crippen LogP contribution in [0.15, 0.2) is 17.6 Å². The number of nitrogens with one attached hydrogen (secondary N) is 1. The van der Waals surface area contributed by atoms with Crippen LogP contribution in [0.3, 0.4) is 0 Å². The molecule has 2 rings (SSSR count). The molecule has 0 saturated heterocycles. The molecule has 0 aliphatic heterocycles. The highest BCUT2D eigenvalue weighted by Crippen LogP contribution is 2.20. The lowest BCUT2D eigenvalue weighted by atomic mass is 10.1. The summed E-state index contributed by atoms with van der Waals surface area (Å²) in [6.07, 6.45) is 1.79. The largest absolute Gasteiger partial charge is 0.389 e. The summed E-state index contributed by atoms with van der Waals surface area (Å²) in [4.78, 5) is 8.97. The number of aromatic nitrogens is 2. The van der Waals surface area contributed by atoms with E-state index in [9.17, 15) is 0 Å². The fourth-order valence-electron chi connectivity index (χ4n) is 1.79. The number of anilines is 1. The molecule has 2 aromatic heterocycles. The first kappa shape index (κ1) is 12.9. The summed E-state index contributed by atoms with van der Waals surface area (Å²) >= 11 is 6.69. The van der Waals surface area contributed by atoms with Crippen molar-refractivity contribution in [3.8, 4) is 0 Å². The van der Waals surface area contributed by atoms with E-state index in [4.69, 9.17) is 18.0 Å². The van der Waals surface area contributed by atoms with Gasteiger partial charge in [-0.3, -0.25) is 4.98 Å². The number of hydrogen-bond donors (Lipinski definition) is 2. The van der Waals surface area contributed by atoms with Crippen molar-refractivity contribution in [1.29, 1.82) is 0 Å². The zero-order valence-corrected chi connectivity index (χ0v) is 11.9. The number of thiocarbonyl (C=S) groups is 1. The average Bonchev–Trinajstić information content (AvgIpc) is 2.77.